The Labute approximate surface area is 324 Å². The number of amides is 5. The monoisotopic (exact) mass is 818 g/mol. The molecule has 8 atom stereocenters. The molecule has 0 spiro atoms. The van der Waals surface area contributed by atoms with Gasteiger partial charge in [-0.1, -0.05) is 0 Å². The molecule has 0 aromatic rings. The van der Waals surface area contributed by atoms with Crippen molar-refractivity contribution in [1.29, 1.82) is 0 Å². The molecule has 5 amide bonds. The fraction of sp³-hybridized carbons (Fsp3) is 0.645. The van der Waals surface area contributed by atoms with E-state index in [0.717, 1.165) is 16.7 Å². The van der Waals surface area contributed by atoms with E-state index in [9.17, 15) is 58.8 Å². The molecule has 1 saturated heterocycles. The Balaban J connectivity index is 2.07. The number of fused-ring (bicyclic) bond motifs is 1. The van der Waals surface area contributed by atoms with Gasteiger partial charge in [-0.05, 0) is 32.6 Å². The van der Waals surface area contributed by atoms with E-state index in [4.69, 9.17) is 32.8 Å². The van der Waals surface area contributed by atoms with Gasteiger partial charge >= 0.3 is 17.9 Å². The Bertz CT molecular complexity index is 1540. The summed E-state index contributed by atoms with van der Waals surface area (Å²) in [5.41, 5.74) is 21.2. The van der Waals surface area contributed by atoms with Crippen LogP contribution in [0.2, 0.25) is 0 Å². The topological polar surface area (TPSA) is 415 Å². The minimum atomic E-state index is -1.64. The average molecular weight is 819 g/mol. The first-order valence-electron chi connectivity index (χ1n) is 17.3. The molecule has 2 aliphatic rings. The maximum absolute atomic E-state index is 13.1. The zero-order valence-electron chi connectivity index (χ0n) is 30.4. The normalized spacial score (nSPS) is 19.4. The first kappa shape index (κ1) is 47.1. The molecule has 3 unspecified atom stereocenters. The number of β-lactam (4-membered cyclic amide) rings is 1. The van der Waals surface area contributed by atoms with Gasteiger partial charge in [0.05, 0.1) is 37.8 Å². The second kappa shape index (κ2) is 22.5. The van der Waals surface area contributed by atoms with Crippen molar-refractivity contribution in [3.05, 3.63) is 11.3 Å². The van der Waals surface area contributed by atoms with E-state index >= 15 is 0 Å². The van der Waals surface area contributed by atoms with Gasteiger partial charge < -0.3 is 74.5 Å². The van der Waals surface area contributed by atoms with Gasteiger partial charge in [-0.3, -0.25) is 43.5 Å². The third-order valence-corrected chi connectivity index (χ3v) is 9.73. The summed E-state index contributed by atoms with van der Waals surface area (Å²) in [5, 5.41) is 57.7. The minimum Gasteiger partial charge on any atom is -0.480 e. The molecule has 25 heteroatoms. The number of hydrogen-bond donors (Lipinski definition) is 13. The van der Waals surface area contributed by atoms with E-state index in [0.29, 0.717) is 0 Å². The van der Waals surface area contributed by atoms with Crippen LogP contribution in [-0.4, -0.2) is 164 Å². The van der Waals surface area contributed by atoms with E-state index in [1.807, 2.05) is 0 Å². The Morgan fingerprint density at radius 3 is 2.11 bits per heavy atom. The van der Waals surface area contributed by atoms with Gasteiger partial charge in [0.15, 0.2) is 5.96 Å². The third-order valence-electron chi connectivity index (χ3n) is 8.39. The first-order valence-corrected chi connectivity index (χ1v) is 18.3. The summed E-state index contributed by atoms with van der Waals surface area (Å²) in [4.78, 5) is 104. The number of nitrogens with two attached hydrogens (primary N) is 4. The van der Waals surface area contributed by atoms with Crippen molar-refractivity contribution in [2.24, 2.45) is 27.9 Å². The quantitative estimate of drug-likeness (QED) is 0.0142. The number of aliphatic hydroxyl groups is 3. The maximum atomic E-state index is 13.1. The van der Waals surface area contributed by atoms with E-state index in [1.54, 1.807) is 0 Å². The van der Waals surface area contributed by atoms with Crippen molar-refractivity contribution in [2.75, 3.05) is 32.1 Å². The molecule has 0 saturated carbocycles. The average Bonchev–Trinajstić information content (AvgIpc) is 3.13. The number of esters is 1. The van der Waals surface area contributed by atoms with Crippen LogP contribution in [0.5, 0.6) is 0 Å². The van der Waals surface area contributed by atoms with Gasteiger partial charge in [0.25, 0.3) is 5.91 Å². The van der Waals surface area contributed by atoms with Gasteiger partial charge in [-0.15, -0.1) is 11.8 Å². The zero-order chi connectivity index (χ0) is 42.3. The molecule has 0 bridgehead atoms. The van der Waals surface area contributed by atoms with Crippen LogP contribution in [-0.2, 0) is 43.1 Å². The molecule has 2 rings (SSSR count). The summed E-state index contributed by atoms with van der Waals surface area (Å²) in [6.07, 6.45) is -2.20. The summed E-state index contributed by atoms with van der Waals surface area (Å²) >= 11 is 1.10. The van der Waals surface area contributed by atoms with Crippen molar-refractivity contribution in [3.8, 4) is 0 Å². The second-order valence-electron chi connectivity index (χ2n) is 12.8. The van der Waals surface area contributed by atoms with E-state index in [1.165, 1.54) is 6.92 Å². The SMILES string of the molecule is CC(N)C(=O)NC(CO)C(=O)N[C@@H](CO)C(=O)N[C@@H](CCCN=C(N)N)[C@H](O)CC(=O)OCC1=C(C(=O)O)N2C(=O)[C@@H](NC(=O)CCC[C@@H](N)C(=O)O)C2SC1. The molecule has 2 aliphatic heterocycles. The highest BCUT2D eigenvalue weighted by Crippen LogP contribution is 2.40. The molecule has 24 nitrogen and oxygen atoms in total. The van der Waals surface area contributed by atoms with E-state index < -0.39 is 127 Å². The van der Waals surface area contributed by atoms with Gasteiger partial charge in [-0.25, -0.2) is 4.79 Å². The zero-order valence-corrected chi connectivity index (χ0v) is 31.2. The van der Waals surface area contributed by atoms with Crippen LogP contribution < -0.4 is 44.2 Å². The lowest BCUT2D eigenvalue weighted by Crippen LogP contribution is -2.70. The van der Waals surface area contributed by atoms with Crippen LogP contribution in [0.4, 0.5) is 0 Å². The summed E-state index contributed by atoms with van der Waals surface area (Å²) in [5.74, 6) is -8.12. The standard InChI is InChI=1S/C31H50N10O14S/c1-13(32)24(47)38-17(9-42)26(49)39-18(10-43)25(48)37-16(5-3-7-36-31(34)35)19(44)8-21(46)55-11-14-12-56-28-22(27(50)41(28)23(14)30(53)54)40-20(45)6-2-4-15(33)29(51)52/h13,15-19,22,28,42-44H,2-12,32-33H2,1H3,(H,37,48)(H,38,47)(H,39,49)(H,40,45)(H,51,52)(H,53,54)(H4,34,35,36)/t13?,15-,16+,17?,18+,19-,22-,28?/m1/s1. The molecular weight excluding hydrogens is 768 g/mol. The minimum absolute atomic E-state index is 0.0183. The number of hydrogen-bond acceptors (Lipinski definition) is 16. The van der Waals surface area contributed by atoms with E-state index in [-0.39, 0.29) is 55.9 Å². The summed E-state index contributed by atoms with van der Waals surface area (Å²) in [6.45, 7) is -1.03. The van der Waals surface area contributed by atoms with Crippen LogP contribution in [0.3, 0.4) is 0 Å². The number of ether oxygens (including phenoxy) is 1. The molecule has 1 fully saturated rings. The fourth-order valence-electron chi connectivity index (χ4n) is 5.31. The Morgan fingerprint density at radius 1 is 0.946 bits per heavy atom. The number of carboxylic acids is 2. The highest BCUT2D eigenvalue weighted by Gasteiger charge is 2.54. The van der Waals surface area contributed by atoms with Crippen molar-refractivity contribution >= 4 is 65.2 Å². The number of nitrogens with one attached hydrogen (secondary N) is 4. The third kappa shape index (κ3) is 13.9. The molecule has 2 heterocycles. The van der Waals surface area contributed by atoms with Gasteiger partial charge in [0.1, 0.15) is 41.8 Å². The number of thioether (sulfide) groups is 1. The van der Waals surface area contributed by atoms with Crippen molar-refractivity contribution in [1.82, 2.24) is 26.2 Å². The van der Waals surface area contributed by atoms with E-state index in [2.05, 4.69) is 26.3 Å². The second-order valence-corrected chi connectivity index (χ2v) is 13.9. The lowest BCUT2D eigenvalue weighted by Gasteiger charge is -2.49. The Kier molecular flexibility index (Phi) is 18.9. The number of aliphatic hydroxyl groups excluding tert-OH is 3. The predicted molar refractivity (Wildman–Crippen MR) is 194 cm³/mol. The van der Waals surface area contributed by atoms with Crippen molar-refractivity contribution in [2.45, 2.75) is 93.2 Å². The van der Waals surface area contributed by atoms with Crippen molar-refractivity contribution in [3.63, 3.8) is 0 Å². The first-order chi connectivity index (χ1) is 26.3. The summed E-state index contributed by atoms with van der Waals surface area (Å²) in [7, 11) is 0. The molecule has 314 valence electrons. The lowest BCUT2D eigenvalue weighted by atomic mass is 10.0. The molecule has 0 aromatic carbocycles. The van der Waals surface area contributed by atoms with Gasteiger partial charge in [0, 0.05) is 24.3 Å². The number of rotatable bonds is 24. The summed E-state index contributed by atoms with van der Waals surface area (Å²) < 4.78 is 5.24. The van der Waals surface area contributed by atoms with Gasteiger partial charge in [0.2, 0.25) is 23.6 Å². The largest absolute Gasteiger partial charge is 0.480 e. The number of carbonyl (C=O) groups excluding carboxylic acids is 6. The highest BCUT2D eigenvalue weighted by atomic mass is 32.2. The highest BCUT2D eigenvalue weighted by molar-refractivity contribution is 8.00. The lowest BCUT2D eigenvalue weighted by molar-refractivity contribution is -0.151. The fourth-order valence-corrected chi connectivity index (χ4v) is 6.64. The van der Waals surface area contributed by atoms with Crippen LogP contribution in [0, 0.1) is 0 Å². The van der Waals surface area contributed by atoms with Crippen LogP contribution in [0.25, 0.3) is 0 Å². The Morgan fingerprint density at radius 2 is 1.55 bits per heavy atom. The molecule has 0 aliphatic carbocycles. The smallest absolute Gasteiger partial charge is 0.352 e. The number of guanidine groups is 1. The van der Waals surface area contributed by atoms with Crippen LogP contribution >= 0.6 is 11.8 Å². The molecule has 0 aromatic heterocycles. The molecular formula is C31H50N10O14S. The maximum Gasteiger partial charge on any atom is 0.352 e. The van der Waals surface area contributed by atoms with Crippen molar-refractivity contribution < 1.29 is 68.6 Å². The Hall–Kier alpha value is -5.08. The predicted octanol–water partition coefficient (Wildman–Crippen LogP) is -6.56. The molecule has 17 N–H and O–H groups in total. The number of nitrogens with zero attached hydrogens (tertiary/aromatic N) is 2. The molecule has 0 radical (unpaired) electrons. The number of carbonyl (C=O) groups is 8. The van der Waals surface area contributed by atoms with Crippen LogP contribution in [0.15, 0.2) is 16.3 Å². The van der Waals surface area contributed by atoms with Gasteiger partial charge in [-0.2, -0.15) is 0 Å². The number of aliphatic imine (C=N–C) groups is 1. The number of carboxylic acid groups (broad SMARTS) is 2. The number of aliphatic carboxylic acids is 2. The van der Waals surface area contributed by atoms with Crippen LogP contribution in [0.1, 0.15) is 45.4 Å². The molecule has 56 heavy (non-hydrogen) atoms. The summed E-state index contributed by atoms with van der Waals surface area (Å²) in [6, 6.07) is -7.61.